The predicted octanol–water partition coefficient (Wildman–Crippen LogP) is 3.23. The van der Waals surface area contributed by atoms with Gasteiger partial charge in [-0.2, -0.15) is 0 Å². The van der Waals surface area contributed by atoms with E-state index in [1.165, 1.54) is 0 Å². The van der Waals surface area contributed by atoms with Crippen LogP contribution in [0.5, 0.6) is 0 Å². The number of nitrogens with zero attached hydrogens (tertiary/aromatic N) is 4. The number of anilines is 1. The highest BCUT2D eigenvalue weighted by atomic mass is 16.2. The van der Waals surface area contributed by atoms with Crippen molar-refractivity contribution in [1.82, 2.24) is 14.9 Å². The number of amides is 1. The van der Waals surface area contributed by atoms with Gasteiger partial charge in [0, 0.05) is 49.2 Å². The van der Waals surface area contributed by atoms with Gasteiger partial charge in [0.15, 0.2) is 0 Å². The molecule has 1 aliphatic heterocycles. The van der Waals surface area contributed by atoms with Crippen molar-refractivity contribution in [2.24, 2.45) is 0 Å². The van der Waals surface area contributed by atoms with Gasteiger partial charge in [0.05, 0.1) is 0 Å². The highest BCUT2D eigenvalue weighted by Crippen LogP contribution is 2.19. The van der Waals surface area contributed by atoms with Crippen LogP contribution in [0.3, 0.4) is 0 Å². The van der Waals surface area contributed by atoms with Gasteiger partial charge in [0.1, 0.15) is 11.5 Å². The van der Waals surface area contributed by atoms with Crippen molar-refractivity contribution in [3.8, 4) is 11.8 Å². The molecule has 29 heavy (non-hydrogen) atoms. The second kappa shape index (κ2) is 8.57. The van der Waals surface area contributed by atoms with Gasteiger partial charge >= 0.3 is 0 Å². The van der Waals surface area contributed by atoms with Crippen LogP contribution in [0.25, 0.3) is 0 Å². The van der Waals surface area contributed by atoms with Gasteiger partial charge in [0.25, 0.3) is 5.91 Å². The summed E-state index contributed by atoms with van der Waals surface area (Å²) in [7, 11) is 0. The van der Waals surface area contributed by atoms with E-state index < -0.39 is 0 Å². The number of hydrogen-bond donors (Lipinski definition) is 0. The molecule has 1 aromatic carbocycles. The summed E-state index contributed by atoms with van der Waals surface area (Å²) in [4.78, 5) is 25.9. The highest BCUT2D eigenvalue weighted by Gasteiger charge is 2.28. The van der Waals surface area contributed by atoms with Crippen molar-refractivity contribution in [3.05, 3.63) is 89.9 Å². The first-order chi connectivity index (χ1) is 14.2. The highest BCUT2D eigenvalue weighted by molar-refractivity contribution is 5.95. The molecule has 0 saturated carbocycles. The number of benzene rings is 1. The minimum Gasteiger partial charge on any atom is -0.353 e. The first kappa shape index (κ1) is 18.7. The van der Waals surface area contributed by atoms with Crippen LogP contribution in [0.15, 0.2) is 73.1 Å². The van der Waals surface area contributed by atoms with Gasteiger partial charge in [-0.3, -0.25) is 4.79 Å². The first-order valence-electron chi connectivity index (χ1n) is 9.71. The average Bonchev–Trinajstić information content (AvgIpc) is 2.79. The minimum atomic E-state index is 0.0413. The zero-order valence-electron chi connectivity index (χ0n) is 16.3. The molecule has 5 nitrogen and oxygen atoms in total. The number of carbonyl (C=O) groups excluding carboxylic acids is 1. The number of carbonyl (C=O) groups is 1. The maximum atomic E-state index is 13.1. The Morgan fingerprint density at radius 2 is 1.79 bits per heavy atom. The third-order valence-corrected chi connectivity index (χ3v) is 4.97. The largest absolute Gasteiger partial charge is 0.353 e. The molecule has 1 unspecified atom stereocenters. The van der Waals surface area contributed by atoms with Gasteiger partial charge in [-0.15, -0.1) is 0 Å². The maximum absolute atomic E-state index is 13.1. The van der Waals surface area contributed by atoms with Gasteiger partial charge < -0.3 is 9.80 Å². The second-order valence-electron chi connectivity index (χ2n) is 7.03. The van der Waals surface area contributed by atoms with Crippen molar-refractivity contribution >= 4 is 11.7 Å². The lowest BCUT2D eigenvalue weighted by Gasteiger charge is -2.40. The fraction of sp³-hybridized carbons (Fsp3) is 0.208. The Labute approximate surface area is 171 Å². The molecule has 1 saturated heterocycles. The number of rotatable bonds is 2. The van der Waals surface area contributed by atoms with Crippen LogP contribution < -0.4 is 4.90 Å². The van der Waals surface area contributed by atoms with E-state index in [1.807, 2.05) is 65.6 Å². The Morgan fingerprint density at radius 3 is 2.52 bits per heavy atom. The Kier molecular flexibility index (Phi) is 5.53. The molecule has 1 aliphatic rings. The third-order valence-electron chi connectivity index (χ3n) is 4.97. The SMILES string of the molecule is CC1CN(c2ccccn2)CCN1C(=O)c1cccc(C#Cc2ccccn2)c1. The van der Waals surface area contributed by atoms with Crippen LogP contribution in [-0.4, -0.2) is 46.5 Å². The molecule has 1 amide bonds. The summed E-state index contributed by atoms with van der Waals surface area (Å²) in [5.74, 6) is 7.14. The Morgan fingerprint density at radius 1 is 0.966 bits per heavy atom. The summed E-state index contributed by atoms with van der Waals surface area (Å²) in [6, 6.07) is 19.1. The standard InChI is InChI=1S/C24H22N4O/c1-19-18-27(23-10-3-5-14-26-23)15-16-28(19)24(29)21-8-6-7-20(17-21)11-12-22-9-2-4-13-25-22/h2-10,13-14,17,19H,15-16,18H2,1H3. The molecule has 1 fully saturated rings. The lowest BCUT2D eigenvalue weighted by Crippen LogP contribution is -2.54. The maximum Gasteiger partial charge on any atom is 0.254 e. The van der Waals surface area contributed by atoms with Gasteiger partial charge in [-0.25, -0.2) is 9.97 Å². The molecule has 0 radical (unpaired) electrons. The van der Waals surface area contributed by atoms with E-state index >= 15 is 0 Å². The topological polar surface area (TPSA) is 49.3 Å². The van der Waals surface area contributed by atoms with Crippen molar-refractivity contribution in [2.75, 3.05) is 24.5 Å². The Balaban J connectivity index is 1.47. The van der Waals surface area contributed by atoms with E-state index in [0.717, 1.165) is 24.5 Å². The summed E-state index contributed by atoms with van der Waals surface area (Å²) in [5.41, 5.74) is 2.18. The van der Waals surface area contributed by atoms with Crippen molar-refractivity contribution < 1.29 is 4.79 Å². The summed E-state index contributed by atoms with van der Waals surface area (Å²) < 4.78 is 0. The quantitative estimate of drug-likeness (QED) is 0.639. The molecule has 144 valence electrons. The van der Waals surface area contributed by atoms with E-state index in [2.05, 4.69) is 33.6 Å². The lowest BCUT2D eigenvalue weighted by atomic mass is 10.1. The number of aromatic nitrogens is 2. The van der Waals surface area contributed by atoms with E-state index in [4.69, 9.17) is 0 Å². The van der Waals surface area contributed by atoms with Crippen molar-refractivity contribution in [1.29, 1.82) is 0 Å². The zero-order valence-corrected chi connectivity index (χ0v) is 16.3. The number of hydrogen-bond acceptors (Lipinski definition) is 4. The second-order valence-corrected chi connectivity index (χ2v) is 7.03. The molecule has 0 aliphatic carbocycles. The smallest absolute Gasteiger partial charge is 0.254 e. The molecule has 3 heterocycles. The minimum absolute atomic E-state index is 0.0413. The molecule has 3 aromatic rings. The monoisotopic (exact) mass is 382 g/mol. The van der Waals surface area contributed by atoms with Crippen LogP contribution in [0, 0.1) is 11.8 Å². The molecule has 0 spiro atoms. The summed E-state index contributed by atoms with van der Waals surface area (Å²) >= 11 is 0. The summed E-state index contributed by atoms with van der Waals surface area (Å²) in [6.07, 6.45) is 3.52. The van der Waals surface area contributed by atoms with E-state index in [9.17, 15) is 4.79 Å². The van der Waals surface area contributed by atoms with Gasteiger partial charge in [-0.05, 0) is 55.3 Å². The van der Waals surface area contributed by atoms with Crippen LogP contribution in [-0.2, 0) is 0 Å². The third kappa shape index (κ3) is 4.44. The number of piperazine rings is 1. The van der Waals surface area contributed by atoms with Crippen molar-refractivity contribution in [3.63, 3.8) is 0 Å². The molecule has 1 atom stereocenters. The summed E-state index contributed by atoms with van der Waals surface area (Å²) in [5, 5.41) is 0. The van der Waals surface area contributed by atoms with Crippen LogP contribution >= 0.6 is 0 Å². The van der Waals surface area contributed by atoms with Gasteiger partial charge in [-0.1, -0.05) is 24.1 Å². The Bertz CT molecular complexity index is 1040. The van der Waals surface area contributed by atoms with Crippen LogP contribution in [0.1, 0.15) is 28.5 Å². The molecular weight excluding hydrogens is 360 g/mol. The lowest BCUT2D eigenvalue weighted by molar-refractivity contribution is 0.0673. The average molecular weight is 382 g/mol. The Hall–Kier alpha value is -3.65. The first-order valence-corrected chi connectivity index (χ1v) is 9.71. The van der Waals surface area contributed by atoms with E-state index in [-0.39, 0.29) is 11.9 Å². The normalized spacial score (nSPS) is 16.1. The molecule has 0 N–H and O–H groups in total. The summed E-state index contributed by atoms with van der Waals surface area (Å²) in [6.45, 7) is 4.28. The van der Waals surface area contributed by atoms with Gasteiger partial charge in [0.2, 0.25) is 0 Å². The molecular formula is C24H22N4O. The van der Waals surface area contributed by atoms with Crippen molar-refractivity contribution in [2.45, 2.75) is 13.0 Å². The predicted molar refractivity (Wildman–Crippen MR) is 114 cm³/mol. The molecule has 4 rings (SSSR count). The number of pyridine rings is 2. The molecule has 0 bridgehead atoms. The zero-order chi connectivity index (χ0) is 20.1. The molecule has 2 aromatic heterocycles. The van der Waals surface area contributed by atoms with E-state index in [1.54, 1.807) is 12.4 Å². The fourth-order valence-electron chi connectivity index (χ4n) is 3.48. The van der Waals surface area contributed by atoms with Crippen LogP contribution in [0.2, 0.25) is 0 Å². The van der Waals surface area contributed by atoms with E-state index in [0.29, 0.717) is 17.8 Å². The fourth-order valence-corrected chi connectivity index (χ4v) is 3.48. The van der Waals surface area contributed by atoms with Crippen LogP contribution in [0.4, 0.5) is 5.82 Å². The molecule has 5 heteroatoms.